The fraction of sp³-hybridized carbons (Fsp3) is 0.688. The zero-order valence-corrected chi connectivity index (χ0v) is 14.2. The molecule has 132 valence electrons. The molecule has 0 saturated carbocycles. The van der Waals surface area contributed by atoms with E-state index < -0.39 is 6.10 Å². The van der Waals surface area contributed by atoms with Gasteiger partial charge in [0.2, 0.25) is 17.7 Å². The highest BCUT2D eigenvalue weighted by molar-refractivity contribution is 5.82. The molecule has 1 unspecified atom stereocenters. The molecule has 3 heterocycles. The summed E-state index contributed by atoms with van der Waals surface area (Å²) in [5.74, 6) is 1.42. The molecule has 1 aromatic heterocycles. The Bertz CT molecular complexity index is 555. The summed E-state index contributed by atoms with van der Waals surface area (Å²) in [6, 6.07) is 1.63. The molecule has 2 aliphatic rings. The lowest BCUT2D eigenvalue weighted by atomic mass is 10.1. The second kappa shape index (κ2) is 7.65. The highest BCUT2D eigenvalue weighted by atomic mass is 16.5. The van der Waals surface area contributed by atoms with Crippen LogP contribution in [-0.4, -0.2) is 73.9 Å². The number of amides is 1. The fourth-order valence-corrected chi connectivity index (χ4v) is 3.04. The van der Waals surface area contributed by atoms with Gasteiger partial charge in [-0.3, -0.25) is 4.79 Å². The Morgan fingerprint density at radius 2 is 1.79 bits per heavy atom. The number of rotatable bonds is 4. The molecule has 24 heavy (non-hydrogen) atoms. The molecule has 3 rings (SSSR count). The first-order valence-electron chi connectivity index (χ1n) is 8.33. The topological polar surface area (TPSA) is 77.0 Å². The number of morpholine rings is 1. The number of carbonyl (C=O) groups is 1. The molecule has 1 atom stereocenters. The molecule has 2 aliphatic heterocycles. The standard InChI is InChI=1S/C16H24N4O4/c1-22-13-10-14(23-2)18-16(17-13)20-8-9-24-12(11-20)15(21)19-6-4-3-5-7-19/h10,12H,3-9,11H2,1-2H3. The average molecular weight is 336 g/mol. The second-order valence-corrected chi connectivity index (χ2v) is 5.94. The van der Waals surface area contributed by atoms with Crippen molar-refractivity contribution in [3.8, 4) is 11.8 Å². The largest absolute Gasteiger partial charge is 0.481 e. The van der Waals surface area contributed by atoms with E-state index in [4.69, 9.17) is 14.2 Å². The number of ether oxygens (including phenoxy) is 3. The van der Waals surface area contributed by atoms with Crippen molar-refractivity contribution in [3.05, 3.63) is 6.07 Å². The Kier molecular flexibility index (Phi) is 5.34. The van der Waals surface area contributed by atoms with Crippen LogP contribution in [0.1, 0.15) is 19.3 Å². The number of hydrogen-bond donors (Lipinski definition) is 0. The Labute approximate surface area is 141 Å². The predicted molar refractivity (Wildman–Crippen MR) is 87.5 cm³/mol. The van der Waals surface area contributed by atoms with Gasteiger partial charge < -0.3 is 24.0 Å². The Morgan fingerprint density at radius 1 is 1.12 bits per heavy atom. The van der Waals surface area contributed by atoms with Crippen molar-refractivity contribution < 1.29 is 19.0 Å². The summed E-state index contributed by atoms with van der Waals surface area (Å²) in [4.78, 5) is 25.2. The van der Waals surface area contributed by atoms with Gasteiger partial charge in [-0.1, -0.05) is 0 Å². The lowest BCUT2D eigenvalue weighted by molar-refractivity contribution is -0.145. The van der Waals surface area contributed by atoms with E-state index in [0.29, 0.717) is 37.4 Å². The second-order valence-electron chi connectivity index (χ2n) is 5.94. The minimum Gasteiger partial charge on any atom is -0.481 e. The molecule has 8 nitrogen and oxygen atoms in total. The third-order valence-corrected chi connectivity index (χ3v) is 4.38. The SMILES string of the molecule is COc1cc(OC)nc(N2CCOC(C(=O)N3CCCCC3)C2)n1. The number of anilines is 1. The lowest BCUT2D eigenvalue weighted by Gasteiger charge is -2.36. The van der Waals surface area contributed by atoms with Gasteiger partial charge in [-0.2, -0.15) is 9.97 Å². The molecule has 1 amide bonds. The summed E-state index contributed by atoms with van der Waals surface area (Å²) in [6.45, 7) is 3.17. The number of piperidine rings is 1. The molecule has 8 heteroatoms. The zero-order chi connectivity index (χ0) is 16.9. The molecule has 0 radical (unpaired) electrons. The first-order valence-corrected chi connectivity index (χ1v) is 8.33. The van der Waals surface area contributed by atoms with Crippen LogP contribution < -0.4 is 14.4 Å². The van der Waals surface area contributed by atoms with Crippen LogP contribution >= 0.6 is 0 Å². The molecule has 2 saturated heterocycles. The van der Waals surface area contributed by atoms with Crippen molar-refractivity contribution in [1.82, 2.24) is 14.9 Å². The van der Waals surface area contributed by atoms with Gasteiger partial charge in [0.15, 0.2) is 6.10 Å². The molecule has 0 N–H and O–H groups in total. The summed E-state index contributed by atoms with van der Waals surface area (Å²) >= 11 is 0. The van der Waals surface area contributed by atoms with Crippen LogP contribution in [0.5, 0.6) is 11.8 Å². The minimum absolute atomic E-state index is 0.0641. The van der Waals surface area contributed by atoms with Crippen molar-refractivity contribution in [2.24, 2.45) is 0 Å². The van der Waals surface area contributed by atoms with Gasteiger partial charge in [0.05, 0.1) is 33.4 Å². The first kappa shape index (κ1) is 16.8. The predicted octanol–water partition coefficient (Wildman–Crippen LogP) is 0.711. The van der Waals surface area contributed by atoms with Crippen LogP contribution in [-0.2, 0) is 9.53 Å². The summed E-state index contributed by atoms with van der Waals surface area (Å²) in [6.07, 6.45) is 2.85. The van der Waals surface area contributed by atoms with Crippen LogP contribution in [0.4, 0.5) is 5.95 Å². The molecule has 0 bridgehead atoms. The number of carbonyl (C=O) groups excluding carboxylic acids is 1. The third-order valence-electron chi connectivity index (χ3n) is 4.38. The van der Waals surface area contributed by atoms with E-state index in [9.17, 15) is 4.79 Å². The molecular formula is C16H24N4O4. The quantitative estimate of drug-likeness (QED) is 0.801. The van der Waals surface area contributed by atoms with E-state index in [-0.39, 0.29) is 5.91 Å². The Balaban J connectivity index is 1.72. The number of nitrogens with zero attached hydrogens (tertiary/aromatic N) is 4. The summed E-state index contributed by atoms with van der Waals surface area (Å²) in [7, 11) is 3.10. The van der Waals surface area contributed by atoms with E-state index in [1.165, 1.54) is 6.42 Å². The van der Waals surface area contributed by atoms with Gasteiger partial charge in [0.1, 0.15) is 0 Å². The van der Waals surface area contributed by atoms with Crippen molar-refractivity contribution in [3.63, 3.8) is 0 Å². The molecule has 0 aliphatic carbocycles. The van der Waals surface area contributed by atoms with Gasteiger partial charge in [-0.05, 0) is 19.3 Å². The van der Waals surface area contributed by atoms with Crippen molar-refractivity contribution in [2.45, 2.75) is 25.4 Å². The molecular weight excluding hydrogens is 312 g/mol. The Morgan fingerprint density at radius 3 is 2.42 bits per heavy atom. The van der Waals surface area contributed by atoms with E-state index in [2.05, 4.69) is 9.97 Å². The monoisotopic (exact) mass is 336 g/mol. The van der Waals surface area contributed by atoms with Gasteiger partial charge in [0.25, 0.3) is 5.91 Å². The average Bonchev–Trinajstić information content (AvgIpc) is 2.67. The van der Waals surface area contributed by atoms with Crippen LogP contribution in [0.25, 0.3) is 0 Å². The lowest BCUT2D eigenvalue weighted by Crippen LogP contribution is -2.52. The highest BCUT2D eigenvalue weighted by Gasteiger charge is 2.32. The van der Waals surface area contributed by atoms with E-state index in [1.54, 1.807) is 20.3 Å². The molecule has 1 aromatic rings. The van der Waals surface area contributed by atoms with E-state index in [0.717, 1.165) is 25.9 Å². The van der Waals surface area contributed by atoms with Gasteiger partial charge in [-0.25, -0.2) is 0 Å². The van der Waals surface area contributed by atoms with Gasteiger partial charge in [-0.15, -0.1) is 0 Å². The van der Waals surface area contributed by atoms with Crippen molar-refractivity contribution in [1.29, 1.82) is 0 Å². The minimum atomic E-state index is -0.474. The third kappa shape index (κ3) is 3.69. The highest BCUT2D eigenvalue weighted by Crippen LogP contribution is 2.22. The van der Waals surface area contributed by atoms with Crippen LogP contribution in [0.2, 0.25) is 0 Å². The number of methoxy groups -OCH3 is 2. The fourth-order valence-electron chi connectivity index (χ4n) is 3.04. The maximum Gasteiger partial charge on any atom is 0.253 e. The molecule has 2 fully saturated rings. The summed E-state index contributed by atoms with van der Waals surface area (Å²) < 4.78 is 16.1. The van der Waals surface area contributed by atoms with E-state index >= 15 is 0 Å². The maximum absolute atomic E-state index is 12.7. The Hall–Kier alpha value is -2.09. The van der Waals surface area contributed by atoms with Crippen molar-refractivity contribution >= 4 is 11.9 Å². The van der Waals surface area contributed by atoms with Gasteiger partial charge in [0, 0.05) is 19.6 Å². The van der Waals surface area contributed by atoms with Crippen molar-refractivity contribution in [2.75, 3.05) is 51.9 Å². The van der Waals surface area contributed by atoms with Crippen LogP contribution in [0.15, 0.2) is 6.07 Å². The summed E-state index contributed by atoms with van der Waals surface area (Å²) in [5.41, 5.74) is 0. The van der Waals surface area contributed by atoms with E-state index in [1.807, 2.05) is 9.80 Å². The maximum atomic E-state index is 12.7. The first-order chi connectivity index (χ1) is 11.7. The number of hydrogen-bond acceptors (Lipinski definition) is 7. The smallest absolute Gasteiger partial charge is 0.253 e. The van der Waals surface area contributed by atoms with Crippen LogP contribution in [0, 0.1) is 0 Å². The van der Waals surface area contributed by atoms with Crippen LogP contribution in [0.3, 0.4) is 0 Å². The van der Waals surface area contributed by atoms with Gasteiger partial charge >= 0.3 is 0 Å². The number of aromatic nitrogens is 2. The number of likely N-dealkylation sites (tertiary alicyclic amines) is 1. The summed E-state index contributed by atoms with van der Waals surface area (Å²) in [5, 5.41) is 0. The zero-order valence-electron chi connectivity index (χ0n) is 14.2. The molecule has 0 spiro atoms. The molecule has 0 aromatic carbocycles. The normalized spacial score (nSPS) is 21.5.